The van der Waals surface area contributed by atoms with Crippen molar-refractivity contribution in [2.45, 2.75) is 32.7 Å². The first-order valence-electron chi connectivity index (χ1n) is 5.63. The fourth-order valence-corrected chi connectivity index (χ4v) is 2.50. The molecule has 0 unspecified atom stereocenters. The van der Waals surface area contributed by atoms with Crippen molar-refractivity contribution in [2.75, 3.05) is 18.6 Å². The van der Waals surface area contributed by atoms with Crippen LogP contribution in [-0.2, 0) is 22.7 Å². The third kappa shape index (κ3) is 5.78. The Balaban J connectivity index is 2.28. The predicted molar refractivity (Wildman–Crippen MR) is 64.6 cm³/mol. The van der Waals surface area contributed by atoms with Crippen LogP contribution in [0.15, 0.2) is 4.52 Å². The molecule has 0 aromatic carbocycles. The van der Waals surface area contributed by atoms with Crippen molar-refractivity contribution in [3.05, 3.63) is 11.7 Å². The Morgan fingerprint density at radius 1 is 1.47 bits per heavy atom. The highest BCUT2D eigenvalue weighted by Crippen LogP contribution is 1.98. The molecule has 0 bridgehead atoms. The van der Waals surface area contributed by atoms with Crippen molar-refractivity contribution in [2.24, 2.45) is 0 Å². The Morgan fingerprint density at radius 3 is 2.71 bits per heavy atom. The number of rotatable bonds is 7. The summed E-state index contributed by atoms with van der Waals surface area (Å²) in [7, 11) is -2.93. The van der Waals surface area contributed by atoms with Crippen LogP contribution in [-0.4, -0.2) is 43.2 Å². The SMILES string of the molecule is CCc1nc(CCN[C@@H](C)CS(C)(=O)=O)no1. The van der Waals surface area contributed by atoms with Gasteiger partial charge in [-0.25, -0.2) is 8.42 Å². The highest BCUT2D eigenvalue weighted by atomic mass is 32.2. The number of sulfone groups is 1. The fraction of sp³-hybridized carbons (Fsp3) is 0.800. The minimum atomic E-state index is -2.93. The number of hydrogen-bond acceptors (Lipinski definition) is 6. The largest absolute Gasteiger partial charge is 0.339 e. The summed E-state index contributed by atoms with van der Waals surface area (Å²) in [6, 6.07) is -0.0671. The lowest BCUT2D eigenvalue weighted by molar-refractivity contribution is 0.376. The summed E-state index contributed by atoms with van der Waals surface area (Å²) in [6.45, 7) is 4.43. The van der Waals surface area contributed by atoms with Gasteiger partial charge in [-0.05, 0) is 6.92 Å². The van der Waals surface area contributed by atoms with Crippen LogP contribution in [0.2, 0.25) is 0 Å². The quantitative estimate of drug-likeness (QED) is 0.754. The van der Waals surface area contributed by atoms with E-state index in [1.54, 1.807) is 0 Å². The van der Waals surface area contributed by atoms with Gasteiger partial charge in [0.1, 0.15) is 9.84 Å². The van der Waals surface area contributed by atoms with Gasteiger partial charge in [-0.15, -0.1) is 0 Å². The summed E-state index contributed by atoms with van der Waals surface area (Å²) in [5.41, 5.74) is 0. The lowest BCUT2D eigenvalue weighted by atomic mass is 10.3. The van der Waals surface area contributed by atoms with E-state index in [4.69, 9.17) is 4.52 Å². The van der Waals surface area contributed by atoms with Crippen LogP contribution >= 0.6 is 0 Å². The monoisotopic (exact) mass is 261 g/mol. The van der Waals surface area contributed by atoms with Crippen LogP contribution in [0, 0.1) is 0 Å². The second kappa shape index (κ2) is 6.11. The van der Waals surface area contributed by atoms with Gasteiger partial charge in [-0.3, -0.25) is 0 Å². The van der Waals surface area contributed by atoms with Gasteiger partial charge in [-0.2, -0.15) is 4.98 Å². The fourth-order valence-electron chi connectivity index (χ4n) is 1.48. The molecule has 1 N–H and O–H groups in total. The zero-order valence-electron chi connectivity index (χ0n) is 10.4. The molecule has 1 aromatic rings. The first kappa shape index (κ1) is 14.1. The van der Waals surface area contributed by atoms with Gasteiger partial charge in [0.15, 0.2) is 5.82 Å². The molecule has 1 rings (SSSR count). The maximum atomic E-state index is 11.0. The van der Waals surface area contributed by atoms with Crippen LogP contribution in [0.1, 0.15) is 25.6 Å². The van der Waals surface area contributed by atoms with Crippen LogP contribution < -0.4 is 5.32 Å². The summed E-state index contributed by atoms with van der Waals surface area (Å²) in [5.74, 6) is 1.42. The van der Waals surface area contributed by atoms with E-state index >= 15 is 0 Å². The lowest BCUT2D eigenvalue weighted by Gasteiger charge is -2.11. The Morgan fingerprint density at radius 2 is 2.18 bits per heavy atom. The smallest absolute Gasteiger partial charge is 0.226 e. The summed E-state index contributed by atoms with van der Waals surface area (Å²) in [6.07, 6.45) is 2.60. The number of hydrogen-bond donors (Lipinski definition) is 1. The number of nitrogens with zero attached hydrogens (tertiary/aromatic N) is 2. The van der Waals surface area contributed by atoms with Gasteiger partial charge >= 0.3 is 0 Å². The molecule has 0 saturated heterocycles. The maximum absolute atomic E-state index is 11.0. The summed E-state index contributed by atoms with van der Waals surface area (Å²) in [4.78, 5) is 4.16. The molecule has 1 atom stereocenters. The first-order valence-corrected chi connectivity index (χ1v) is 7.69. The normalized spacial score (nSPS) is 13.8. The molecule has 0 aliphatic carbocycles. The minimum absolute atomic E-state index is 0.0671. The average molecular weight is 261 g/mol. The van der Waals surface area contributed by atoms with E-state index in [1.807, 2.05) is 13.8 Å². The van der Waals surface area contributed by atoms with Crippen molar-refractivity contribution in [3.63, 3.8) is 0 Å². The number of nitrogens with one attached hydrogen (secondary N) is 1. The Hall–Kier alpha value is -0.950. The molecule has 7 heteroatoms. The van der Waals surface area contributed by atoms with E-state index in [9.17, 15) is 8.42 Å². The van der Waals surface area contributed by atoms with Crippen molar-refractivity contribution >= 4 is 9.84 Å². The highest BCUT2D eigenvalue weighted by Gasteiger charge is 2.10. The van der Waals surface area contributed by atoms with E-state index < -0.39 is 9.84 Å². The molecule has 1 aromatic heterocycles. The van der Waals surface area contributed by atoms with Gasteiger partial charge in [0.2, 0.25) is 5.89 Å². The zero-order valence-corrected chi connectivity index (χ0v) is 11.2. The van der Waals surface area contributed by atoms with Crippen LogP contribution in [0.25, 0.3) is 0 Å². The summed E-state index contributed by atoms with van der Waals surface area (Å²) < 4.78 is 27.0. The zero-order chi connectivity index (χ0) is 12.9. The second-order valence-electron chi connectivity index (χ2n) is 4.16. The van der Waals surface area contributed by atoms with Gasteiger partial charge in [-0.1, -0.05) is 12.1 Å². The molecule has 6 nitrogen and oxygen atoms in total. The average Bonchev–Trinajstić information content (AvgIpc) is 2.63. The standard InChI is InChI=1S/C10H19N3O3S/c1-4-10-12-9(13-16-10)5-6-11-8(2)7-17(3,14)15/h8,11H,4-7H2,1-3H3/t8-/m0/s1. The molecule has 0 spiro atoms. The van der Waals surface area contributed by atoms with Gasteiger partial charge in [0, 0.05) is 31.7 Å². The summed E-state index contributed by atoms with van der Waals surface area (Å²) >= 11 is 0. The van der Waals surface area contributed by atoms with E-state index in [1.165, 1.54) is 6.26 Å². The lowest BCUT2D eigenvalue weighted by Crippen LogP contribution is -2.34. The van der Waals surface area contributed by atoms with Gasteiger partial charge in [0.05, 0.1) is 5.75 Å². The Bertz CT molecular complexity index is 441. The second-order valence-corrected chi connectivity index (χ2v) is 6.34. The maximum Gasteiger partial charge on any atom is 0.226 e. The van der Waals surface area contributed by atoms with E-state index in [0.29, 0.717) is 24.7 Å². The molecule has 0 aliphatic heterocycles. The minimum Gasteiger partial charge on any atom is -0.339 e. The van der Waals surface area contributed by atoms with Crippen molar-refractivity contribution < 1.29 is 12.9 Å². The predicted octanol–water partition coefficient (Wildman–Crippen LogP) is 0.197. The molecule has 0 saturated carbocycles. The molecule has 0 fully saturated rings. The van der Waals surface area contributed by atoms with Gasteiger partial charge < -0.3 is 9.84 Å². The number of aryl methyl sites for hydroxylation is 1. The van der Waals surface area contributed by atoms with Crippen molar-refractivity contribution in [3.8, 4) is 0 Å². The van der Waals surface area contributed by atoms with E-state index in [-0.39, 0.29) is 11.8 Å². The molecule has 17 heavy (non-hydrogen) atoms. The molecule has 0 amide bonds. The van der Waals surface area contributed by atoms with Crippen molar-refractivity contribution in [1.82, 2.24) is 15.5 Å². The van der Waals surface area contributed by atoms with Crippen LogP contribution in [0.3, 0.4) is 0 Å². The van der Waals surface area contributed by atoms with Crippen LogP contribution in [0.4, 0.5) is 0 Å². The first-order chi connectivity index (χ1) is 7.90. The highest BCUT2D eigenvalue weighted by molar-refractivity contribution is 7.90. The summed E-state index contributed by atoms with van der Waals surface area (Å²) in [5, 5.41) is 6.93. The molecule has 1 heterocycles. The molecular weight excluding hydrogens is 242 g/mol. The van der Waals surface area contributed by atoms with E-state index in [0.717, 1.165) is 6.42 Å². The van der Waals surface area contributed by atoms with Crippen LogP contribution in [0.5, 0.6) is 0 Å². The third-order valence-electron chi connectivity index (χ3n) is 2.21. The molecule has 0 aliphatic rings. The Labute approximate surface area is 102 Å². The Kier molecular flexibility index (Phi) is 5.07. The molecule has 0 radical (unpaired) electrons. The van der Waals surface area contributed by atoms with E-state index in [2.05, 4.69) is 15.5 Å². The third-order valence-corrected chi connectivity index (χ3v) is 3.31. The molecular formula is C10H19N3O3S. The van der Waals surface area contributed by atoms with Gasteiger partial charge in [0.25, 0.3) is 0 Å². The molecule has 98 valence electrons. The topological polar surface area (TPSA) is 85.1 Å². The van der Waals surface area contributed by atoms with Crippen molar-refractivity contribution in [1.29, 1.82) is 0 Å². The number of aromatic nitrogens is 2.